The Kier molecular flexibility index (Phi) is 4.68. The van der Waals surface area contributed by atoms with Gasteiger partial charge in [0.25, 0.3) is 5.56 Å². The van der Waals surface area contributed by atoms with Crippen molar-refractivity contribution in [1.29, 1.82) is 0 Å². The van der Waals surface area contributed by atoms with E-state index in [1.807, 2.05) is 0 Å². The van der Waals surface area contributed by atoms with Gasteiger partial charge in [-0.2, -0.15) is 0 Å². The summed E-state index contributed by atoms with van der Waals surface area (Å²) >= 11 is 0. The molecule has 2 N–H and O–H groups in total. The highest BCUT2D eigenvalue weighted by Gasteiger charge is 2.19. The number of nitrogens with one attached hydrogen (secondary N) is 2. The molecule has 26 heavy (non-hydrogen) atoms. The first-order valence-electron chi connectivity index (χ1n) is 9.39. The lowest BCUT2D eigenvalue weighted by atomic mass is 9.97. The van der Waals surface area contributed by atoms with Gasteiger partial charge < -0.3 is 15.1 Å². The summed E-state index contributed by atoms with van der Waals surface area (Å²) in [5.41, 5.74) is 6.54. The van der Waals surface area contributed by atoms with Crippen LogP contribution in [-0.4, -0.2) is 42.3 Å². The lowest BCUT2D eigenvalue weighted by molar-refractivity contribution is 0.204. The van der Waals surface area contributed by atoms with Crippen molar-refractivity contribution in [3.63, 3.8) is 0 Å². The zero-order valence-corrected chi connectivity index (χ0v) is 15.5. The van der Waals surface area contributed by atoms with Gasteiger partial charge in [-0.15, -0.1) is 0 Å². The fourth-order valence-corrected chi connectivity index (χ4v) is 4.21. The smallest absolute Gasteiger partial charge is 0.253 e. The molecule has 4 rings (SSSR count). The van der Waals surface area contributed by atoms with E-state index in [0.29, 0.717) is 0 Å². The average Bonchev–Trinajstić information content (AvgIpc) is 2.63. The Hall–Kier alpha value is -2.34. The van der Waals surface area contributed by atoms with Crippen LogP contribution in [0.2, 0.25) is 0 Å². The monoisotopic (exact) mass is 354 g/mol. The molecule has 0 unspecified atom stereocenters. The maximum Gasteiger partial charge on any atom is 0.253 e. The minimum Gasteiger partial charge on any atom is -0.399 e. The number of aromatic amines is 1. The van der Waals surface area contributed by atoms with E-state index in [1.54, 1.807) is 7.11 Å². The largest absolute Gasteiger partial charge is 0.399 e. The first-order valence-corrected chi connectivity index (χ1v) is 9.39. The van der Waals surface area contributed by atoms with Crippen LogP contribution in [0.1, 0.15) is 36.0 Å². The summed E-state index contributed by atoms with van der Waals surface area (Å²) in [5, 5.41) is 8.69. The third-order valence-corrected chi connectivity index (χ3v) is 5.43. The SMILES string of the molecule is CON=C1CCN(Cc2cc(C)c3c4c(c(=O)[nH]c3c2)CCCN4)CC1. The van der Waals surface area contributed by atoms with Crippen LogP contribution in [0.5, 0.6) is 0 Å². The van der Waals surface area contributed by atoms with Gasteiger partial charge in [0.2, 0.25) is 0 Å². The van der Waals surface area contributed by atoms with Gasteiger partial charge in [-0.25, -0.2) is 0 Å². The van der Waals surface area contributed by atoms with Gasteiger partial charge in [-0.3, -0.25) is 9.69 Å². The summed E-state index contributed by atoms with van der Waals surface area (Å²) in [6.45, 7) is 5.94. The van der Waals surface area contributed by atoms with E-state index in [-0.39, 0.29) is 5.56 Å². The minimum absolute atomic E-state index is 0.0506. The van der Waals surface area contributed by atoms with Gasteiger partial charge in [-0.05, 0) is 37.0 Å². The number of likely N-dealkylation sites (tertiary alicyclic amines) is 1. The summed E-state index contributed by atoms with van der Waals surface area (Å²) in [4.78, 5) is 22.9. The normalized spacial score (nSPS) is 17.7. The molecule has 1 saturated heterocycles. The topological polar surface area (TPSA) is 69.7 Å². The summed E-state index contributed by atoms with van der Waals surface area (Å²) in [6, 6.07) is 4.40. The fourth-order valence-electron chi connectivity index (χ4n) is 4.21. The Morgan fingerprint density at radius 1 is 1.23 bits per heavy atom. The van der Waals surface area contributed by atoms with Gasteiger partial charge in [0, 0.05) is 50.0 Å². The Morgan fingerprint density at radius 2 is 2.04 bits per heavy atom. The second-order valence-electron chi connectivity index (χ2n) is 7.29. The van der Waals surface area contributed by atoms with Gasteiger partial charge in [0.05, 0.1) is 16.9 Å². The van der Waals surface area contributed by atoms with E-state index >= 15 is 0 Å². The number of aryl methyl sites for hydroxylation is 1. The number of rotatable bonds is 3. The molecular weight excluding hydrogens is 328 g/mol. The Balaban J connectivity index is 1.62. The second-order valence-corrected chi connectivity index (χ2v) is 7.29. The van der Waals surface area contributed by atoms with E-state index in [9.17, 15) is 4.79 Å². The van der Waals surface area contributed by atoms with Crippen molar-refractivity contribution < 1.29 is 4.84 Å². The van der Waals surface area contributed by atoms with Gasteiger partial charge in [0.15, 0.2) is 0 Å². The minimum atomic E-state index is 0.0506. The summed E-state index contributed by atoms with van der Waals surface area (Å²) in [7, 11) is 1.60. The van der Waals surface area contributed by atoms with Crippen LogP contribution in [0.25, 0.3) is 10.9 Å². The van der Waals surface area contributed by atoms with Crippen LogP contribution in [-0.2, 0) is 17.8 Å². The molecule has 0 saturated carbocycles. The summed E-state index contributed by atoms with van der Waals surface area (Å²) in [5.74, 6) is 0. The Labute approximate surface area is 153 Å². The lowest BCUT2D eigenvalue weighted by Gasteiger charge is -2.27. The van der Waals surface area contributed by atoms with Crippen LogP contribution in [0.3, 0.4) is 0 Å². The number of aromatic nitrogens is 1. The van der Waals surface area contributed by atoms with Crippen molar-refractivity contribution in [3.8, 4) is 0 Å². The molecule has 1 aromatic carbocycles. The molecule has 6 nitrogen and oxygen atoms in total. The molecule has 1 aromatic heterocycles. The number of piperidine rings is 1. The van der Waals surface area contributed by atoms with Crippen molar-refractivity contribution in [3.05, 3.63) is 39.2 Å². The van der Waals surface area contributed by atoms with Crippen LogP contribution >= 0.6 is 0 Å². The van der Waals surface area contributed by atoms with E-state index in [0.717, 1.165) is 79.7 Å². The lowest BCUT2D eigenvalue weighted by Crippen LogP contribution is -2.33. The molecule has 0 amide bonds. The molecule has 2 aromatic rings. The first kappa shape index (κ1) is 17.1. The molecule has 2 aliphatic rings. The summed E-state index contributed by atoms with van der Waals surface area (Å²) in [6.07, 6.45) is 3.78. The number of anilines is 1. The van der Waals surface area contributed by atoms with Crippen molar-refractivity contribution >= 4 is 22.3 Å². The molecule has 0 bridgehead atoms. The quantitative estimate of drug-likeness (QED) is 0.832. The highest BCUT2D eigenvalue weighted by atomic mass is 16.6. The standard InChI is InChI=1S/C20H26N4O2/c1-13-10-14(12-24-8-5-15(6-9-24)23-26-2)11-17-18(13)19-16(20(25)22-17)4-3-7-21-19/h10-11,21H,3-9,12H2,1-2H3,(H,22,25). The van der Waals surface area contributed by atoms with E-state index in [1.165, 1.54) is 11.1 Å². The molecule has 0 aliphatic carbocycles. The maximum absolute atomic E-state index is 12.5. The van der Waals surface area contributed by atoms with Crippen molar-refractivity contribution in [2.24, 2.45) is 5.16 Å². The fraction of sp³-hybridized carbons (Fsp3) is 0.500. The summed E-state index contributed by atoms with van der Waals surface area (Å²) < 4.78 is 0. The Bertz CT molecular complexity index is 906. The van der Waals surface area contributed by atoms with Crippen LogP contribution in [0.4, 0.5) is 5.69 Å². The van der Waals surface area contributed by atoms with Gasteiger partial charge >= 0.3 is 0 Å². The third-order valence-electron chi connectivity index (χ3n) is 5.43. The third kappa shape index (κ3) is 3.21. The number of fused-ring (bicyclic) bond motifs is 3. The first-order chi connectivity index (χ1) is 12.7. The molecule has 0 radical (unpaired) electrons. The van der Waals surface area contributed by atoms with E-state index < -0.39 is 0 Å². The number of H-pyrrole nitrogens is 1. The molecule has 0 spiro atoms. The highest BCUT2D eigenvalue weighted by Crippen LogP contribution is 2.31. The zero-order valence-electron chi connectivity index (χ0n) is 15.5. The number of oxime groups is 1. The molecule has 138 valence electrons. The van der Waals surface area contributed by atoms with Crippen molar-refractivity contribution in [2.75, 3.05) is 32.1 Å². The van der Waals surface area contributed by atoms with E-state index in [4.69, 9.17) is 4.84 Å². The van der Waals surface area contributed by atoms with Crippen LogP contribution < -0.4 is 10.9 Å². The molecule has 3 heterocycles. The number of hydrogen-bond donors (Lipinski definition) is 2. The molecule has 2 aliphatic heterocycles. The van der Waals surface area contributed by atoms with Gasteiger partial charge in [0.1, 0.15) is 7.11 Å². The number of pyridine rings is 1. The zero-order chi connectivity index (χ0) is 18.1. The Morgan fingerprint density at radius 3 is 2.81 bits per heavy atom. The molecular formula is C20H26N4O2. The number of hydrogen-bond acceptors (Lipinski definition) is 5. The average molecular weight is 354 g/mol. The van der Waals surface area contributed by atoms with Crippen LogP contribution in [0, 0.1) is 6.92 Å². The molecule has 0 atom stereocenters. The highest BCUT2D eigenvalue weighted by molar-refractivity contribution is 5.96. The number of nitrogens with zero attached hydrogens (tertiary/aromatic N) is 2. The number of benzene rings is 1. The van der Waals surface area contributed by atoms with E-state index in [2.05, 4.69) is 39.4 Å². The predicted octanol–water partition coefficient (Wildman–Crippen LogP) is 2.79. The van der Waals surface area contributed by atoms with Crippen LogP contribution in [0.15, 0.2) is 22.1 Å². The van der Waals surface area contributed by atoms with Gasteiger partial charge in [-0.1, -0.05) is 11.2 Å². The predicted molar refractivity (Wildman–Crippen MR) is 105 cm³/mol. The van der Waals surface area contributed by atoms with Crippen molar-refractivity contribution in [1.82, 2.24) is 9.88 Å². The molecule has 1 fully saturated rings. The van der Waals surface area contributed by atoms with Crippen molar-refractivity contribution in [2.45, 2.75) is 39.2 Å². The molecule has 6 heteroatoms. The second kappa shape index (κ2) is 7.11. The maximum atomic E-state index is 12.5.